The molecule has 30 heavy (non-hydrogen) atoms. The molecule has 0 aromatic carbocycles. The van der Waals surface area contributed by atoms with Gasteiger partial charge in [0.05, 0.1) is 17.8 Å². The lowest BCUT2D eigenvalue weighted by Crippen LogP contribution is -2.36. The monoisotopic (exact) mass is 416 g/mol. The lowest BCUT2D eigenvalue weighted by atomic mass is 9.60. The maximum Gasteiger partial charge on any atom is 0.0811 e. The Kier molecular flexibility index (Phi) is 7.37. The van der Waals surface area contributed by atoms with Gasteiger partial charge in [-0.25, -0.2) is 0 Å². The van der Waals surface area contributed by atoms with Crippen molar-refractivity contribution in [3.8, 4) is 0 Å². The first kappa shape index (κ1) is 23.8. The molecule has 0 radical (unpaired) electrons. The van der Waals surface area contributed by atoms with E-state index >= 15 is 0 Å². The molecule has 0 spiro atoms. The smallest absolute Gasteiger partial charge is 0.0811 e. The molecule has 0 heterocycles. The number of hydrogen-bond donors (Lipinski definition) is 3. The maximum atomic E-state index is 10.1. The summed E-state index contributed by atoms with van der Waals surface area (Å²) in [5, 5.41) is 30.2. The van der Waals surface area contributed by atoms with Crippen LogP contribution in [0.25, 0.3) is 0 Å². The third-order valence-corrected chi connectivity index (χ3v) is 8.44. The molecule has 3 fully saturated rings. The summed E-state index contributed by atoms with van der Waals surface area (Å²) >= 11 is 0. The Morgan fingerprint density at radius 1 is 1.23 bits per heavy atom. The zero-order chi connectivity index (χ0) is 22.1. The second-order valence-corrected chi connectivity index (χ2v) is 11.3. The van der Waals surface area contributed by atoms with Gasteiger partial charge in [-0.1, -0.05) is 51.0 Å². The van der Waals surface area contributed by atoms with Gasteiger partial charge < -0.3 is 15.3 Å². The molecule has 3 N–H and O–H groups in total. The molecule has 3 aliphatic rings. The molecule has 0 bridgehead atoms. The molecule has 0 unspecified atom stereocenters. The third kappa shape index (κ3) is 5.29. The summed E-state index contributed by atoms with van der Waals surface area (Å²) in [6.07, 6.45) is 13.9. The quantitative estimate of drug-likeness (QED) is 0.520. The lowest BCUT2D eigenvalue weighted by molar-refractivity contribution is 0.0596. The molecule has 170 valence electrons. The van der Waals surface area contributed by atoms with Gasteiger partial charge in [-0.2, -0.15) is 0 Å². The summed E-state index contributed by atoms with van der Waals surface area (Å²) < 4.78 is 0. The Morgan fingerprint density at radius 2 is 1.97 bits per heavy atom. The fraction of sp³-hybridized carbons (Fsp3) is 0.778. The molecule has 3 heteroatoms. The summed E-state index contributed by atoms with van der Waals surface area (Å²) in [5.41, 5.74) is 3.17. The van der Waals surface area contributed by atoms with Gasteiger partial charge in [-0.15, -0.1) is 0 Å². The second kappa shape index (κ2) is 9.30. The fourth-order valence-electron chi connectivity index (χ4n) is 6.74. The molecule has 3 aliphatic carbocycles. The number of allylic oxidation sites excluding steroid dienone is 3. The van der Waals surface area contributed by atoms with Crippen LogP contribution in [0.3, 0.4) is 0 Å². The number of fused-ring (bicyclic) bond motifs is 1. The Balaban J connectivity index is 1.70. The van der Waals surface area contributed by atoms with E-state index in [-0.39, 0.29) is 0 Å². The van der Waals surface area contributed by atoms with E-state index in [1.54, 1.807) is 5.57 Å². The first-order chi connectivity index (χ1) is 14.0. The minimum absolute atomic E-state index is 0.374. The summed E-state index contributed by atoms with van der Waals surface area (Å²) in [6, 6.07) is 0. The van der Waals surface area contributed by atoms with Crippen molar-refractivity contribution < 1.29 is 15.3 Å². The Labute approximate surface area is 184 Å². The van der Waals surface area contributed by atoms with Crippen molar-refractivity contribution in [2.75, 3.05) is 0 Å². The van der Waals surface area contributed by atoms with Gasteiger partial charge in [0.25, 0.3) is 0 Å². The average Bonchev–Trinajstić information content (AvgIpc) is 3.00. The van der Waals surface area contributed by atoms with E-state index < -0.39 is 17.8 Å². The van der Waals surface area contributed by atoms with Crippen molar-refractivity contribution in [1.82, 2.24) is 0 Å². The predicted octanol–water partition coefficient (Wildman–Crippen LogP) is 5.70. The second-order valence-electron chi connectivity index (χ2n) is 11.3. The molecular weight excluding hydrogens is 372 g/mol. The van der Waals surface area contributed by atoms with Crippen LogP contribution in [0.5, 0.6) is 0 Å². The van der Waals surface area contributed by atoms with Crippen molar-refractivity contribution >= 4 is 0 Å². The van der Waals surface area contributed by atoms with Gasteiger partial charge >= 0.3 is 0 Å². The van der Waals surface area contributed by atoms with Crippen LogP contribution in [0.4, 0.5) is 0 Å². The van der Waals surface area contributed by atoms with Crippen LogP contribution >= 0.6 is 0 Å². The van der Waals surface area contributed by atoms with Gasteiger partial charge in [0.2, 0.25) is 0 Å². The van der Waals surface area contributed by atoms with Crippen LogP contribution in [-0.2, 0) is 0 Å². The summed E-state index contributed by atoms with van der Waals surface area (Å²) in [6.45, 7) is 12.8. The van der Waals surface area contributed by atoms with Crippen molar-refractivity contribution in [1.29, 1.82) is 0 Å². The van der Waals surface area contributed by atoms with E-state index in [0.29, 0.717) is 30.1 Å². The number of hydrogen-bond acceptors (Lipinski definition) is 3. The molecule has 0 aromatic heterocycles. The summed E-state index contributed by atoms with van der Waals surface area (Å²) in [7, 11) is 0. The molecule has 3 rings (SSSR count). The first-order valence-corrected chi connectivity index (χ1v) is 12.2. The SMILES string of the molecule is C=C1/C(=C/C=C2\CCC[C@@]3(C)[C@H]2CC[C@H]3[C@H](C)CCCC(C)(C)O)C[C@@H](O)C[C@H]1O. The molecule has 6 atom stereocenters. The molecule has 0 amide bonds. The normalized spacial score (nSPS) is 38.8. The van der Waals surface area contributed by atoms with Gasteiger partial charge in [0.15, 0.2) is 0 Å². The molecule has 3 saturated carbocycles. The Morgan fingerprint density at radius 3 is 2.67 bits per heavy atom. The number of aliphatic hydroxyl groups excluding tert-OH is 2. The highest BCUT2D eigenvalue weighted by Gasteiger charge is 2.50. The fourth-order valence-corrected chi connectivity index (χ4v) is 6.74. The van der Waals surface area contributed by atoms with Crippen LogP contribution in [0.1, 0.15) is 91.9 Å². The van der Waals surface area contributed by atoms with E-state index in [0.717, 1.165) is 29.9 Å². The van der Waals surface area contributed by atoms with E-state index in [4.69, 9.17) is 0 Å². The Bertz CT molecular complexity index is 683. The van der Waals surface area contributed by atoms with Crippen molar-refractivity contribution in [2.45, 2.75) is 110 Å². The van der Waals surface area contributed by atoms with Crippen LogP contribution in [0.15, 0.2) is 35.5 Å². The first-order valence-electron chi connectivity index (χ1n) is 12.2. The summed E-state index contributed by atoms with van der Waals surface area (Å²) in [4.78, 5) is 0. The van der Waals surface area contributed by atoms with E-state index in [9.17, 15) is 15.3 Å². The van der Waals surface area contributed by atoms with Gasteiger partial charge in [-0.05, 0) is 93.1 Å². The van der Waals surface area contributed by atoms with Gasteiger partial charge in [0.1, 0.15) is 0 Å². The molecule has 3 nitrogen and oxygen atoms in total. The highest BCUT2D eigenvalue weighted by Crippen LogP contribution is 2.60. The van der Waals surface area contributed by atoms with Crippen LogP contribution in [0.2, 0.25) is 0 Å². The minimum Gasteiger partial charge on any atom is -0.393 e. The molecule has 0 saturated heterocycles. The minimum atomic E-state index is -0.615. The standard InChI is InChI=1S/C27H44O3/c1-18(8-6-14-26(3,4)30)23-12-13-24-20(9-7-15-27(23,24)5)10-11-21-16-22(28)17-25(29)19(21)2/h10-11,18,22-25,28-30H,2,6-9,12-17H2,1,3-5H3/b20-10+,21-11+/t18-,22-,23+,24+,25-,27-/m1/s1. The third-order valence-electron chi connectivity index (χ3n) is 8.44. The predicted molar refractivity (Wildman–Crippen MR) is 124 cm³/mol. The zero-order valence-electron chi connectivity index (χ0n) is 19.7. The van der Waals surface area contributed by atoms with Crippen molar-refractivity contribution in [2.24, 2.45) is 23.2 Å². The van der Waals surface area contributed by atoms with Crippen LogP contribution in [0, 0.1) is 23.2 Å². The number of rotatable bonds is 6. The summed E-state index contributed by atoms with van der Waals surface area (Å²) in [5.74, 6) is 2.11. The molecule has 0 aromatic rings. The number of aliphatic hydroxyl groups is 3. The van der Waals surface area contributed by atoms with E-state index in [1.165, 1.54) is 38.5 Å². The Hall–Kier alpha value is -0.900. The van der Waals surface area contributed by atoms with Crippen molar-refractivity contribution in [3.63, 3.8) is 0 Å². The van der Waals surface area contributed by atoms with Gasteiger partial charge in [0, 0.05) is 6.42 Å². The van der Waals surface area contributed by atoms with Crippen LogP contribution < -0.4 is 0 Å². The van der Waals surface area contributed by atoms with Crippen LogP contribution in [-0.4, -0.2) is 33.1 Å². The highest BCUT2D eigenvalue weighted by molar-refractivity contribution is 5.38. The highest BCUT2D eigenvalue weighted by atomic mass is 16.3. The maximum absolute atomic E-state index is 10.1. The van der Waals surface area contributed by atoms with Crippen molar-refractivity contribution in [3.05, 3.63) is 35.5 Å². The lowest BCUT2D eigenvalue weighted by Gasteiger charge is -2.44. The molecular formula is C27H44O3. The largest absolute Gasteiger partial charge is 0.393 e. The van der Waals surface area contributed by atoms with Gasteiger partial charge in [-0.3, -0.25) is 0 Å². The van der Waals surface area contributed by atoms with E-state index in [1.807, 2.05) is 13.8 Å². The topological polar surface area (TPSA) is 60.7 Å². The van der Waals surface area contributed by atoms with E-state index in [2.05, 4.69) is 32.6 Å². The zero-order valence-corrected chi connectivity index (χ0v) is 19.7. The molecule has 0 aliphatic heterocycles. The average molecular weight is 417 g/mol.